The first-order chi connectivity index (χ1) is 20.1. The van der Waals surface area contributed by atoms with Gasteiger partial charge in [0.1, 0.15) is 13.9 Å². The molecule has 1 fully saturated rings. The summed E-state index contributed by atoms with van der Waals surface area (Å²) in [4.78, 5) is 17.3. The van der Waals surface area contributed by atoms with E-state index in [9.17, 15) is 4.79 Å². The lowest BCUT2D eigenvalue weighted by Crippen LogP contribution is -2.59. The van der Waals surface area contributed by atoms with Crippen molar-refractivity contribution in [3.8, 4) is 0 Å². The third-order valence-electron chi connectivity index (χ3n) is 8.98. The van der Waals surface area contributed by atoms with E-state index in [0.717, 1.165) is 19.4 Å². The molecule has 1 heterocycles. The highest BCUT2D eigenvalue weighted by atomic mass is 28.3. The minimum absolute atomic E-state index is 0.171. The summed E-state index contributed by atoms with van der Waals surface area (Å²) in [5.74, 6) is 0.358. The quantitative estimate of drug-likeness (QED) is 0.147. The summed E-state index contributed by atoms with van der Waals surface area (Å²) >= 11 is 0. The zero-order valence-electron chi connectivity index (χ0n) is 23.7. The van der Waals surface area contributed by atoms with Crippen LogP contribution in [0, 0.1) is 0 Å². The molecular formula is C38H37NOSi. The van der Waals surface area contributed by atoms with Crippen molar-refractivity contribution in [1.82, 2.24) is 4.90 Å². The van der Waals surface area contributed by atoms with E-state index in [2.05, 4.69) is 163 Å². The lowest BCUT2D eigenvalue weighted by molar-refractivity contribution is -0.122. The Morgan fingerprint density at radius 1 is 0.634 bits per heavy atom. The predicted octanol–water partition coefficient (Wildman–Crippen LogP) is 6.91. The van der Waals surface area contributed by atoms with Gasteiger partial charge in [0.15, 0.2) is 0 Å². The van der Waals surface area contributed by atoms with Gasteiger partial charge >= 0.3 is 0 Å². The van der Waals surface area contributed by atoms with Gasteiger partial charge in [0.25, 0.3) is 0 Å². The molecule has 0 saturated carbocycles. The van der Waals surface area contributed by atoms with Crippen LogP contribution in [0.2, 0.25) is 12.6 Å². The Hall–Kier alpha value is -4.05. The number of benzene rings is 5. The number of Topliss-reactive ketones (excluding diaryl/α,β-unsaturated/α-hetero) is 1. The fraction of sp³-hybridized carbons (Fsp3) is 0.184. The van der Waals surface area contributed by atoms with Crippen molar-refractivity contribution in [1.29, 1.82) is 0 Å². The molecule has 0 aromatic heterocycles. The molecule has 6 rings (SSSR count). The Morgan fingerprint density at radius 2 is 1.00 bits per heavy atom. The smallest absolute Gasteiger partial charge is 0.148 e. The molecule has 0 amide bonds. The Labute approximate surface area is 245 Å². The number of nitrogens with zero attached hydrogens (tertiary/aromatic N) is 1. The molecule has 0 aliphatic carbocycles. The molecule has 1 aliphatic heterocycles. The Kier molecular flexibility index (Phi) is 7.82. The second-order valence-corrected chi connectivity index (χ2v) is 15.5. The summed E-state index contributed by atoms with van der Waals surface area (Å²) in [6, 6.07) is 54.2. The minimum atomic E-state index is -2.34. The van der Waals surface area contributed by atoms with E-state index in [4.69, 9.17) is 0 Å². The van der Waals surface area contributed by atoms with Gasteiger partial charge in [0.05, 0.1) is 11.6 Å². The van der Waals surface area contributed by atoms with E-state index in [1.807, 2.05) is 0 Å². The number of ketones is 1. The summed E-state index contributed by atoms with van der Waals surface area (Å²) in [7, 11) is -2.34. The van der Waals surface area contributed by atoms with Crippen molar-refractivity contribution in [2.75, 3.05) is 6.54 Å². The average molecular weight is 552 g/mol. The number of hydrogen-bond donors (Lipinski definition) is 0. The molecule has 0 bridgehead atoms. The molecular weight excluding hydrogens is 515 g/mol. The summed E-state index contributed by atoms with van der Waals surface area (Å²) in [5, 5.41) is 2.62. The molecule has 0 unspecified atom stereocenters. The summed E-state index contributed by atoms with van der Waals surface area (Å²) < 4.78 is 0. The predicted molar refractivity (Wildman–Crippen MR) is 173 cm³/mol. The molecule has 0 spiro atoms. The Balaban J connectivity index is 1.48. The maximum absolute atomic E-state index is 14.8. The SMILES string of the molecule is C[Si](CC(=O)[C@H]1CCCN1C(c1ccccc1)(c1ccccc1)c1ccccc1)(c1ccccc1)c1ccccc1. The zero-order valence-corrected chi connectivity index (χ0v) is 24.7. The fourth-order valence-corrected chi connectivity index (χ4v) is 10.5. The first-order valence-corrected chi connectivity index (χ1v) is 17.4. The van der Waals surface area contributed by atoms with E-state index < -0.39 is 13.6 Å². The number of rotatable bonds is 9. The van der Waals surface area contributed by atoms with Crippen LogP contribution in [0.25, 0.3) is 0 Å². The molecule has 204 valence electrons. The van der Waals surface area contributed by atoms with Crippen molar-refractivity contribution in [3.05, 3.63) is 168 Å². The van der Waals surface area contributed by atoms with Gasteiger partial charge in [-0.1, -0.05) is 169 Å². The molecule has 0 radical (unpaired) electrons. The lowest BCUT2D eigenvalue weighted by atomic mass is 9.75. The Bertz CT molecular complexity index is 1420. The fourth-order valence-electron chi connectivity index (χ4n) is 6.99. The molecule has 3 heteroatoms. The maximum Gasteiger partial charge on any atom is 0.148 e. The van der Waals surface area contributed by atoms with Crippen LogP contribution in [-0.4, -0.2) is 31.3 Å². The first kappa shape index (κ1) is 27.1. The van der Waals surface area contributed by atoms with Crippen LogP contribution in [-0.2, 0) is 10.3 Å². The molecule has 41 heavy (non-hydrogen) atoms. The van der Waals surface area contributed by atoms with Gasteiger partial charge in [-0.3, -0.25) is 9.69 Å². The third kappa shape index (κ3) is 5.01. The first-order valence-electron chi connectivity index (χ1n) is 14.7. The van der Waals surface area contributed by atoms with E-state index >= 15 is 0 Å². The van der Waals surface area contributed by atoms with Crippen molar-refractivity contribution in [2.24, 2.45) is 0 Å². The standard InChI is InChI=1S/C38H37NOSi/c1-41(34-24-13-5-14-25-34,35-26-15-6-16-27-35)30-37(40)36-28-17-29-39(36)38(31-18-7-2-8-19-31,32-20-9-3-10-21-32)33-22-11-4-12-23-33/h2-16,18-27,36H,17,28-30H2,1H3/t36-/m1/s1. The molecule has 2 nitrogen and oxygen atoms in total. The largest absolute Gasteiger partial charge is 0.298 e. The van der Waals surface area contributed by atoms with Crippen LogP contribution >= 0.6 is 0 Å². The highest BCUT2D eigenvalue weighted by Gasteiger charge is 2.49. The van der Waals surface area contributed by atoms with Gasteiger partial charge in [-0.25, -0.2) is 0 Å². The van der Waals surface area contributed by atoms with Crippen molar-refractivity contribution in [2.45, 2.75) is 37.0 Å². The van der Waals surface area contributed by atoms with Crippen LogP contribution in [0.15, 0.2) is 152 Å². The average Bonchev–Trinajstić information content (AvgIpc) is 3.54. The van der Waals surface area contributed by atoms with Crippen molar-refractivity contribution < 1.29 is 4.79 Å². The van der Waals surface area contributed by atoms with Gasteiger partial charge in [-0.2, -0.15) is 0 Å². The van der Waals surface area contributed by atoms with E-state index in [1.165, 1.54) is 27.1 Å². The second kappa shape index (κ2) is 11.8. The summed E-state index contributed by atoms with van der Waals surface area (Å²) in [5.41, 5.74) is 3.02. The van der Waals surface area contributed by atoms with Gasteiger partial charge in [0.2, 0.25) is 0 Å². The van der Waals surface area contributed by atoms with E-state index in [0.29, 0.717) is 11.8 Å². The third-order valence-corrected chi connectivity index (χ3v) is 13.3. The van der Waals surface area contributed by atoms with Crippen molar-refractivity contribution in [3.63, 3.8) is 0 Å². The highest BCUT2D eigenvalue weighted by Crippen LogP contribution is 2.46. The van der Waals surface area contributed by atoms with Crippen molar-refractivity contribution >= 4 is 24.2 Å². The second-order valence-electron chi connectivity index (χ2n) is 11.4. The van der Waals surface area contributed by atoms with Gasteiger partial charge in [-0.05, 0) is 29.5 Å². The van der Waals surface area contributed by atoms with Gasteiger partial charge < -0.3 is 0 Å². The maximum atomic E-state index is 14.8. The van der Waals surface area contributed by atoms with Gasteiger partial charge in [0, 0.05) is 12.6 Å². The normalized spacial score (nSPS) is 16.0. The number of hydrogen-bond acceptors (Lipinski definition) is 2. The van der Waals surface area contributed by atoms with Crippen LogP contribution in [0.5, 0.6) is 0 Å². The Morgan fingerprint density at radius 3 is 1.39 bits per heavy atom. The van der Waals surface area contributed by atoms with Crippen LogP contribution in [0.1, 0.15) is 29.5 Å². The molecule has 0 N–H and O–H groups in total. The van der Waals surface area contributed by atoms with E-state index in [1.54, 1.807) is 0 Å². The molecule has 5 aromatic carbocycles. The molecule has 1 atom stereocenters. The van der Waals surface area contributed by atoms with Crippen LogP contribution in [0.4, 0.5) is 0 Å². The number of carbonyl (C=O) groups is 1. The highest BCUT2D eigenvalue weighted by molar-refractivity contribution is 7.03. The van der Waals surface area contributed by atoms with E-state index in [-0.39, 0.29) is 6.04 Å². The molecule has 1 aliphatic rings. The number of carbonyl (C=O) groups excluding carboxylic acids is 1. The van der Waals surface area contributed by atoms with Crippen LogP contribution in [0.3, 0.4) is 0 Å². The monoisotopic (exact) mass is 551 g/mol. The summed E-state index contributed by atoms with van der Waals surface area (Å²) in [6.45, 7) is 3.23. The topological polar surface area (TPSA) is 20.3 Å². The van der Waals surface area contributed by atoms with Crippen LogP contribution < -0.4 is 10.4 Å². The lowest BCUT2D eigenvalue weighted by Gasteiger charge is -2.46. The van der Waals surface area contributed by atoms with Gasteiger partial charge in [-0.15, -0.1) is 0 Å². The zero-order chi connectivity index (χ0) is 28.1. The summed E-state index contributed by atoms with van der Waals surface area (Å²) in [6.07, 6.45) is 1.88. The minimum Gasteiger partial charge on any atom is -0.298 e. The number of likely N-dealkylation sites (tertiary alicyclic amines) is 1. The molecule has 5 aromatic rings. The molecule has 1 saturated heterocycles.